The van der Waals surface area contributed by atoms with Gasteiger partial charge in [0, 0.05) is 13.2 Å². The van der Waals surface area contributed by atoms with E-state index in [1.165, 1.54) is 0 Å². The number of aryl methyl sites for hydroxylation is 1. The van der Waals surface area contributed by atoms with Crippen LogP contribution >= 0.6 is 0 Å². The van der Waals surface area contributed by atoms with Crippen molar-refractivity contribution in [2.75, 3.05) is 13.2 Å². The fraction of sp³-hybridized carbons (Fsp3) is 0.500. The van der Waals surface area contributed by atoms with E-state index >= 15 is 0 Å². The van der Waals surface area contributed by atoms with Crippen LogP contribution in [0.15, 0.2) is 24.3 Å². The minimum atomic E-state index is -0.632. The Balaban J connectivity index is 2.48. The van der Waals surface area contributed by atoms with Crippen LogP contribution < -0.4 is 11.1 Å². The lowest BCUT2D eigenvalue weighted by Gasteiger charge is -2.15. The number of hydrogen-bond acceptors (Lipinski definition) is 3. The van der Waals surface area contributed by atoms with Crippen molar-refractivity contribution in [2.24, 2.45) is 11.7 Å². The first-order chi connectivity index (χ1) is 8.54. The third-order valence-corrected chi connectivity index (χ3v) is 2.97. The molecule has 1 aromatic rings. The molecule has 0 bridgehead atoms. The Bertz CT molecular complexity index is 376. The highest BCUT2D eigenvalue weighted by Gasteiger charge is 2.15. The SMILES string of the molecule is Cc1ccc(C(N)C(=O)NCC(C)CCO)cc1. The summed E-state index contributed by atoms with van der Waals surface area (Å²) in [5.41, 5.74) is 7.84. The molecule has 18 heavy (non-hydrogen) atoms. The Morgan fingerprint density at radius 1 is 1.39 bits per heavy atom. The molecule has 1 aromatic carbocycles. The third-order valence-electron chi connectivity index (χ3n) is 2.97. The smallest absolute Gasteiger partial charge is 0.241 e. The van der Waals surface area contributed by atoms with Crippen LogP contribution in [0.5, 0.6) is 0 Å². The van der Waals surface area contributed by atoms with Crippen LogP contribution in [-0.4, -0.2) is 24.2 Å². The lowest BCUT2D eigenvalue weighted by molar-refractivity contribution is -0.122. The van der Waals surface area contributed by atoms with Gasteiger partial charge in [0.15, 0.2) is 0 Å². The van der Waals surface area contributed by atoms with Crippen molar-refractivity contribution in [3.63, 3.8) is 0 Å². The largest absolute Gasteiger partial charge is 0.396 e. The molecule has 0 spiro atoms. The summed E-state index contributed by atoms with van der Waals surface area (Å²) in [4.78, 5) is 11.8. The van der Waals surface area contributed by atoms with Gasteiger partial charge in [-0.3, -0.25) is 4.79 Å². The number of aliphatic hydroxyl groups excluding tert-OH is 1. The molecule has 0 aliphatic rings. The quantitative estimate of drug-likeness (QED) is 0.708. The van der Waals surface area contributed by atoms with Crippen molar-refractivity contribution >= 4 is 5.91 Å². The molecule has 2 atom stereocenters. The lowest BCUT2D eigenvalue weighted by atomic mass is 10.0. The average molecular weight is 250 g/mol. The van der Waals surface area contributed by atoms with E-state index in [9.17, 15) is 4.79 Å². The maximum Gasteiger partial charge on any atom is 0.241 e. The number of carbonyl (C=O) groups excluding carboxylic acids is 1. The summed E-state index contributed by atoms with van der Waals surface area (Å²) in [5.74, 6) is 0.0767. The zero-order valence-corrected chi connectivity index (χ0v) is 11.0. The molecule has 0 aliphatic carbocycles. The molecule has 4 heteroatoms. The lowest BCUT2D eigenvalue weighted by Crippen LogP contribution is -2.36. The zero-order chi connectivity index (χ0) is 13.5. The third kappa shape index (κ3) is 4.47. The molecule has 2 unspecified atom stereocenters. The van der Waals surface area contributed by atoms with Crippen LogP contribution in [0.1, 0.15) is 30.5 Å². The molecule has 0 saturated carbocycles. The monoisotopic (exact) mass is 250 g/mol. The van der Waals surface area contributed by atoms with Gasteiger partial charge in [0.25, 0.3) is 0 Å². The molecule has 0 fully saturated rings. The van der Waals surface area contributed by atoms with Gasteiger partial charge < -0.3 is 16.2 Å². The molecule has 0 heterocycles. The Kier molecular flexibility index (Phi) is 5.82. The Hall–Kier alpha value is -1.39. The Morgan fingerprint density at radius 3 is 2.56 bits per heavy atom. The van der Waals surface area contributed by atoms with Crippen LogP contribution in [0.3, 0.4) is 0 Å². The van der Waals surface area contributed by atoms with Crippen LogP contribution in [0.2, 0.25) is 0 Å². The summed E-state index contributed by atoms with van der Waals surface area (Å²) in [6, 6.07) is 6.99. The van der Waals surface area contributed by atoms with E-state index in [-0.39, 0.29) is 18.4 Å². The maximum absolute atomic E-state index is 11.8. The van der Waals surface area contributed by atoms with Crippen molar-refractivity contribution in [1.82, 2.24) is 5.32 Å². The molecule has 1 amide bonds. The maximum atomic E-state index is 11.8. The van der Waals surface area contributed by atoms with E-state index < -0.39 is 6.04 Å². The van der Waals surface area contributed by atoms with Crippen LogP contribution in [0.4, 0.5) is 0 Å². The van der Waals surface area contributed by atoms with Crippen molar-refractivity contribution in [3.05, 3.63) is 35.4 Å². The minimum absolute atomic E-state index is 0.140. The van der Waals surface area contributed by atoms with E-state index in [2.05, 4.69) is 5.32 Å². The van der Waals surface area contributed by atoms with Gasteiger partial charge in [-0.1, -0.05) is 36.8 Å². The molecule has 1 rings (SSSR count). The molecule has 0 aliphatic heterocycles. The zero-order valence-electron chi connectivity index (χ0n) is 11.0. The summed E-state index contributed by atoms with van der Waals surface area (Å²) in [6.45, 7) is 4.65. The molecular weight excluding hydrogens is 228 g/mol. The predicted octanol–water partition coefficient (Wildman–Crippen LogP) is 1.13. The predicted molar refractivity (Wildman–Crippen MR) is 72.0 cm³/mol. The second-order valence-corrected chi connectivity index (χ2v) is 4.75. The van der Waals surface area contributed by atoms with Gasteiger partial charge in [-0.15, -0.1) is 0 Å². The van der Waals surface area contributed by atoms with E-state index in [0.29, 0.717) is 13.0 Å². The highest BCUT2D eigenvalue weighted by atomic mass is 16.3. The van der Waals surface area contributed by atoms with Gasteiger partial charge in [0.1, 0.15) is 6.04 Å². The standard InChI is InChI=1S/C14H22N2O2/c1-10-3-5-12(6-4-10)13(15)14(18)16-9-11(2)7-8-17/h3-6,11,13,17H,7-9,15H2,1-2H3,(H,16,18). The molecule has 0 aromatic heterocycles. The van der Waals surface area contributed by atoms with Gasteiger partial charge in [0.2, 0.25) is 5.91 Å². The Labute approximate surface area is 108 Å². The summed E-state index contributed by atoms with van der Waals surface area (Å²) in [7, 11) is 0. The van der Waals surface area contributed by atoms with E-state index in [4.69, 9.17) is 10.8 Å². The second kappa shape index (κ2) is 7.13. The van der Waals surface area contributed by atoms with Gasteiger partial charge >= 0.3 is 0 Å². The van der Waals surface area contributed by atoms with Gasteiger partial charge in [0.05, 0.1) is 0 Å². The number of nitrogens with two attached hydrogens (primary N) is 1. The van der Waals surface area contributed by atoms with Crippen molar-refractivity contribution in [2.45, 2.75) is 26.3 Å². The topological polar surface area (TPSA) is 75.4 Å². The highest BCUT2D eigenvalue weighted by Crippen LogP contribution is 2.11. The normalized spacial score (nSPS) is 14.0. The van der Waals surface area contributed by atoms with Gasteiger partial charge in [-0.05, 0) is 24.8 Å². The molecule has 4 nitrogen and oxygen atoms in total. The first kappa shape index (κ1) is 14.7. The average Bonchev–Trinajstić information content (AvgIpc) is 2.36. The number of aliphatic hydroxyl groups is 1. The van der Waals surface area contributed by atoms with E-state index in [1.807, 2.05) is 38.1 Å². The fourth-order valence-electron chi connectivity index (χ4n) is 1.63. The summed E-state index contributed by atoms with van der Waals surface area (Å²) in [5, 5.41) is 11.6. The van der Waals surface area contributed by atoms with Crippen LogP contribution in [0, 0.1) is 12.8 Å². The number of amides is 1. The van der Waals surface area contributed by atoms with E-state index in [1.54, 1.807) is 0 Å². The van der Waals surface area contributed by atoms with Crippen molar-refractivity contribution in [3.8, 4) is 0 Å². The summed E-state index contributed by atoms with van der Waals surface area (Å²) < 4.78 is 0. The van der Waals surface area contributed by atoms with Crippen molar-refractivity contribution < 1.29 is 9.90 Å². The molecule has 100 valence electrons. The molecular formula is C14H22N2O2. The van der Waals surface area contributed by atoms with Crippen LogP contribution in [-0.2, 0) is 4.79 Å². The minimum Gasteiger partial charge on any atom is -0.396 e. The summed E-state index contributed by atoms with van der Waals surface area (Å²) in [6.07, 6.45) is 0.681. The number of nitrogens with one attached hydrogen (secondary N) is 1. The second-order valence-electron chi connectivity index (χ2n) is 4.75. The van der Waals surface area contributed by atoms with Crippen molar-refractivity contribution in [1.29, 1.82) is 0 Å². The van der Waals surface area contributed by atoms with Crippen LogP contribution in [0.25, 0.3) is 0 Å². The first-order valence-corrected chi connectivity index (χ1v) is 6.25. The number of hydrogen-bond donors (Lipinski definition) is 3. The number of carbonyl (C=O) groups is 1. The molecule has 4 N–H and O–H groups in total. The molecule has 0 radical (unpaired) electrons. The number of benzene rings is 1. The highest BCUT2D eigenvalue weighted by molar-refractivity contribution is 5.82. The first-order valence-electron chi connectivity index (χ1n) is 6.25. The fourth-order valence-corrected chi connectivity index (χ4v) is 1.63. The van der Waals surface area contributed by atoms with E-state index in [0.717, 1.165) is 11.1 Å². The van der Waals surface area contributed by atoms with Gasteiger partial charge in [-0.2, -0.15) is 0 Å². The summed E-state index contributed by atoms with van der Waals surface area (Å²) >= 11 is 0. The Morgan fingerprint density at radius 2 is 2.00 bits per heavy atom. The number of rotatable bonds is 6. The molecule has 0 saturated heterocycles. The van der Waals surface area contributed by atoms with Gasteiger partial charge in [-0.25, -0.2) is 0 Å².